The number of aromatic nitrogens is 2. The van der Waals surface area contributed by atoms with Gasteiger partial charge in [0.25, 0.3) is 11.8 Å². The minimum absolute atomic E-state index is 0.0102. The second kappa shape index (κ2) is 8.83. The topological polar surface area (TPSA) is 96.8 Å². The van der Waals surface area contributed by atoms with Crippen LogP contribution in [-0.4, -0.2) is 45.6 Å². The number of fused-ring (bicyclic) bond motifs is 1. The number of hydrogen-bond acceptors (Lipinski definition) is 6. The van der Waals surface area contributed by atoms with Crippen LogP contribution in [0.3, 0.4) is 0 Å². The Bertz CT molecular complexity index is 1130. The standard InChI is InChI=1S/C21H19ClF2N4O4/c1-11-8-16(21(3,23)24)28(4)20(30)27-17-13(11)9-14(22)18(26-17)32-15-6-5-7-25-19(15)31-10-12(2)29/h5-9,29H,1-2,10H2,3-4H3,(H,26,27,30)/b16-8-. The van der Waals surface area contributed by atoms with Crippen LogP contribution in [-0.2, 0) is 0 Å². The Hall–Kier alpha value is -3.66. The number of nitrogens with one attached hydrogen (secondary N) is 1. The van der Waals surface area contributed by atoms with Gasteiger partial charge in [0.1, 0.15) is 23.2 Å². The summed E-state index contributed by atoms with van der Waals surface area (Å²) in [4.78, 5) is 21.5. The fraction of sp³-hybridized carbons (Fsp3) is 0.190. The highest BCUT2D eigenvalue weighted by Crippen LogP contribution is 2.39. The van der Waals surface area contributed by atoms with Crippen molar-refractivity contribution < 1.29 is 28.2 Å². The van der Waals surface area contributed by atoms with Crippen molar-refractivity contribution in [2.75, 3.05) is 19.0 Å². The van der Waals surface area contributed by atoms with Crippen molar-refractivity contribution >= 4 is 29.0 Å². The second-order valence-corrected chi connectivity index (χ2v) is 7.27. The zero-order valence-electron chi connectivity index (χ0n) is 17.2. The van der Waals surface area contributed by atoms with Crippen molar-refractivity contribution in [3.05, 3.63) is 65.7 Å². The van der Waals surface area contributed by atoms with E-state index in [1.54, 1.807) is 6.07 Å². The molecule has 0 fully saturated rings. The number of alkyl halides is 2. The summed E-state index contributed by atoms with van der Waals surface area (Å²) in [6.45, 7) is 7.60. The fourth-order valence-electron chi connectivity index (χ4n) is 2.76. The molecule has 0 saturated heterocycles. The summed E-state index contributed by atoms with van der Waals surface area (Å²) in [7, 11) is 1.21. The third kappa shape index (κ3) is 4.97. The van der Waals surface area contributed by atoms with Crippen LogP contribution < -0.4 is 14.8 Å². The second-order valence-electron chi connectivity index (χ2n) is 6.87. The van der Waals surface area contributed by atoms with Crippen LogP contribution >= 0.6 is 11.6 Å². The molecule has 2 aromatic rings. The maximum atomic E-state index is 14.0. The number of pyridine rings is 2. The molecule has 3 heterocycles. The van der Waals surface area contributed by atoms with Gasteiger partial charge >= 0.3 is 6.03 Å². The molecule has 2 N–H and O–H groups in total. The lowest BCUT2D eigenvalue weighted by molar-refractivity contribution is 0.0409. The number of ether oxygens (including phenoxy) is 2. The van der Waals surface area contributed by atoms with Gasteiger partial charge in [0, 0.05) is 25.7 Å². The van der Waals surface area contributed by atoms with Gasteiger partial charge in [-0.25, -0.2) is 18.6 Å². The molecule has 0 spiro atoms. The number of amides is 2. The number of aliphatic hydroxyl groups excluding tert-OH is 1. The van der Waals surface area contributed by atoms with Crippen LogP contribution in [0.2, 0.25) is 5.02 Å². The lowest BCUT2D eigenvalue weighted by Crippen LogP contribution is -2.38. The lowest BCUT2D eigenvalue weighted by atomic mass is 10.0. The number of carbonyl (C=O) groups excluding carboxylic acids is 1. The van der Waals surface area contributed by atoms with E-state index in [9.17, 15) is 18.7 Å². The summed E-state index contributed by atoms with van der Waals surface area (Å²) < 4.78 is 39.0. The van der Waals surface area contributed by atoms with E-state index in [2.05, 4.69) is 28.4 Å². The van der Waals surface area contributed by atoms with Gasteiger partial charge < -0.3 is 14.6 Å². The summed E-state index contributed by atoms with van der Waals surface area (Å²) in [6, 6.07) is 3.66. The highest BCUT2D eigenvalue weighted by Gasteiger charge is 2.35. The van der Waals surface area contributed by atoms with Crippen molar-refractivity contribution in [1.29, 1.82) is 0 Å². The van der Waals surface area contributed by atoms with Crippen LogP contribution in [0, 0.1) is 0 Å². The molecule has 168 valence electrons. The van der Waals surface area contributed by atoms with Crippen molar-refractivity contribution in [2.45, 2.75) is 12.8 Å². The SMILES string of the molecule is C=C(O)COc1ncccc1Oc1nc2c(cc1Cl)C(=C)/C=C(/C(C)(F)F)N(C)C(=O)N2. The molecular weight excluding hydrogens is 446 g/mol. The van der Waals surface area contributed by atoms with Gasteiger partial charge in [-0.15, -0.1) is 0 Å². The van der Waals surface area contributed by atoms with E-state index < -0.39 is 17.7 Å². The Morgan fingerprint density at radius 1 is 1.41 bits per heavy atom. The van der Waals surface area contributed by atoms with E-state index in [0.717, 1.165) is 11.0 Å². The molecular formula is C21H19ClF2N4O4. The zero-order valence-corrected chi connectivity index (χ0v) is 17.9. The summed E-state index contributed by atoms with van der Waals surface area (Å²) in [5.41, 5.74) is -0.134. The quantitative estimate of drug-likeness (QED) is 0.555. The van der Waals surface area contributed by atoms with Gasteiger partial charge in [-0.05, 0) is 29.8 Å². The van der Waals surface area contributed by atoms with Crippen LogP contribution in [0.25, 0.3) is 5.57 Å². The highest BCUT2D eigenvalue weighted by molar-refractivity contribution is 6.32. The third-order valence-corrected chi connectivity index (χ3v) is 4.53. The molecule has 0 unspecified atom stereocenters. The Balaban J connectivity index is 2.01. The van der Waals surface area contributed by atoms with Crippen LogP contribution in [0.15, 0.2) is 55.1 Å². The smallest absolute Gasteiger partial charge is 0.327 e. The van der Waals surface area contributed by atoms with Gasteiger partial charge in [0.05, 0.1) is 5.70 Å². The van der Waals surface area contributed by atoms with Crippen LogP contribution in [0.5, 0.6) is 17.5 Å². The Labute approximate surface area is 187 Å². The number of anilines is 1. The summed E-state index contributed by atoms with van der Waals surface area (Å²) in [5.74, 6) is -3.43. The van der Waals surface area contributed by atoms with Gasteiger partial charge in [0.2, 0.25) is 5.88 Å². The first-order valence-corrected chi connectivity index (χ1v) is 9.52. The van der Waals surface area contributed by atoms with Gasteiger partial charge in [0.15, 0.2) is 5.75 Å². The number of halogens is 3. The summed E-state index contributed by atoms with van der Waals surface area (Å²) in [5, 5.41) is 11.7. The molecule has 32 heavy (non-hydrogen) atoms. The molecule has 0 aromatic carbocycles. The molecule has 1 aliphatic heterocycles. The lowest BCUT2D eigenvalue weighted by Gasteiger charge is -2.28. The number of urea groups is 1. The largest absolute Gasteiger partial charge is 0.509 e. The number of hydrogen-bond donors (Lipinski definition) is 2. The maximum absolute atomic E-state index is 14.0. The predicted octanol–water partition coefficient (Wildman–Crippen LogP) is 5.40. The van der Waals surface area contributed by atoms with E-state index in [4.69, 9.17) is 21.1 Å². The molecule has 0 aliphatic carbocycles. The summed E-state index contributed by atoms with van der Waals surface area (Å²) in [6.07, 6.45) is 2.55. The molecule has 0 radical (unpaired) electrons. The molecule has 0 bridgehead atoms. The van der Waals surface area contributed by atoms with E-state index in [-0.39, 0.29) is 51.9 Å². The van der Waals surface area contributed by atoms with Crippen molar-refractivity contribution in [2.24, 2.45) is 0 Å². The van der Waals surface area contributed by atoms with E-state index in [1.165, 1.54) is 25.4 Å². The summed E-state index contributed by atoms with van der Waals surface area (Å²) >= 11 is 6.31. The molecule has 11 heteroatoms. The molecule has 8 nitrogen and oxygen atoms in total. The molecule has 3 rings (SSSR count). The first-order valence-electron chi connectivity index (χ1n) is 9.14. The van der Waals surface area contributed by atoms with E-state index in [0.29, 0.717) is 6.92 Å². The van der Waals surface area contributed by atoms with E-state index in [1.807, 2.05) is 0 Å². The predicted molar refractivity (Wildman–Crippen MR) is 115 cm³/mol. The maximum Gasteiger partial charge on any atom is 0.327 e. The molecule has 1 aliphatic rings. The van der Waals surface area contributed by atoms with Crippen molar-refractivity contribution in [1.82, 2.24) is 14.9 Å². The minimum atomic E-state index is -3.29. The first-order chi connectivity index (χ1) is 15.0. The van der Waals surface area contributed by atoms with Crippen molar-refractivity contribution in [3.8, 4) is 17.5 Å². The molecule has 2 aromatic heterocycles. The number of aliphatic hydroxyl groups is 1. The fourth-order valence-corrected chi connectivity index (χ4v) is 2.95. The third-order valence-electron chi connectivity index (χ3n) is 4.26. The first kappa shape index (κ1) is 23.0. The average Bonchev–Trinajstić information content (AvgIpc) is 2.71. The normalized spacial score (nSPS) is 15.7. The minimum Gasteiger partial charge on any atom is -0.509 e. The van der Waals surface area contributed by atoms with Gasteiger partial charge in [-0.2, -0.15) is 4.98 Å². The number of carbonyl (C=O) groups is 1. The molecule has 0 saturated carbocycles. The molecule has 2 amide bonds. The monoisotopic (exact) mass is 464 g/mol. The number of nitrogens with zero attached hydrogens (tertiary/aromatic N) is 3. The Morgan fingerprint density at radius 3 is 2.78 bits per heavy atom. The Kier molecular flexibility index (Phi) is 6.35. The average molecular weight is 465 g/mol. The van der Waals surface area contributed by atoms with Crippen LogP contribution in [0.4, 0.5) is 19.4 Å². The van der Waals surface area contributed by atoms with Crippen LogP contribution in [0.1, 0.15) is 12.5 Å². The van der Waals surface area contributed by atoms with Gasteiger partial charge in [-0.1, -0.05) is 24.8 Å². The molecule has 0 atom stereocenters. The number of rotatable bonds is 6. The zero-order chi connectivity index (χ0) is 23.6. The Morgan fingerprint density at radius 2 is 2.12 bits per heavy atom. The van der Waals surface area contributed by atoms with Gasteiger partial charge in [-0.3, -0.25) is 10.2 Å². The van der Waals surface area contributed by atoms with E-state index >= 15 is 0 Å². The van der Waals surface area contributed by atoms with Crippen molar-refractivity contribution in [3.63, 3.8) is 0 Å². The number of allylic oxidation sites excluding steroid dienone is 3. The highest BCUT2D eigenvalue weighted by atomic mass is 35.5.